The van der Waals surface area contributed by atoms with E-state index in [1.807, 2.05) is 11.9 Å². The van der Waals surface area contributed by atoms with E-state index in [2.05, 4.69) is 40.5 Å². The number of likely N-dealkylation sites (tertiary alicyclic amines) is 1. The van der Waals surface area contributed by atoms with Gasteiger partial charge < -0.3 is 10.2 Å². The Morgan fingerprint density at radius 3 is 2.76 bits per heavy atom. The SMILES string of the molecule is CNc1nc(C2CCCCN2CCc2ccccc2)nc2c1CCN(C(C)=O)C2. The second-order valence-electron chi connectivity index (χ2n) is 8.08. The predicted molar refractivity (Wildman–Crippen MR) is 115 cm³/mol. The highest BCUT2D eigenvalue weighted by Gasteiger charge is 2.29. The van der Waals surface area contributed by atoms with Gasteiger partial charge in [-0.2, -0.15) is 0 Å². The minimum Gasteiger partial charge on any atom is -0.373 e. The van der Waals surface area contributed by atoms with Gasteiger partial charge in [-0.3, -0.25) is 9.69 Å². The molecular formula is C23H31N5O. The summed E-state index contributed by atoms with van der Waals surface area (Å²) in [6, 6.07) is 10.9. The minimum absolute atomic E-state index is 0.115. The van der Waals surface area contributed by atoms with Gasteiger partial charge in [0, 0.05) is 32.6 Å². The summed E-state index contributed by atoms with van der Waals surface area (Å²) in [5, 5.41) is 3.28. The summed E-state index contributed by atoms with van der Waals surface area (Å²) >= 11 is 0. The fourth-order valence-corrected chi connectivity index (χ4v) is 4.54. The van der Waals surface area contributed by atoms with Crippen molar-refractivity contribution in [3.05, 3.63) is 53.0 Å². The normalized spacial score (nSPS) is 19.7. The maximum absolute atomic E-state index is 11.9. The van der Waals surface area contributed by atoms with E-state index in [0.29, 0.717) is 6.54 Å². The van der Waals surface area contributed by atoms with E-state index in [0.717, 1.165) is 56.2 Å². The van der Waals surface area contributed by atoms with Crippen LogP contribution in [0.15, 0.2) is 30.3 Å². The van der Waals surface area contributed by atoms with Crippen LogP contribution in [0.2, 0.25) is 0 Å². The van der Waals surface area contributed by atoms with Crippen molar-refractivity contribution < 1.29 is 4.79 Å². The van der Waals surface area contributed by atoms with Crippen LogP contribution >= 0.6 is 0 Å². The minimum atomic E-state index is 0.115. The zero-order valence-electron chi connectivity index (χ0n) is 17.5. The molecule has 3 heterocycles. The molecule has 0 radical (unpaired) electrons. The lowest BCUT2D eigenvalue weighted by Gasteiger charge is -2.36. The zero-order chi connectivity index (χ0) is 20.2. The van der Waals surface area contributed by atoms with Crippen molar-refractivity contribution in [2.75, 3.05) is 32.0 Å². The molecule has 1 N–H and O–H groups in total. The number of nitrogens with zero attached hydrogens (tertiary/aromatic N) is 4. The summed E-state index contributed by atoms with van der Waals surface area (Å²) in [5.41, 5.74) is 3.55. The molecule has 1 fully saturated rings. The van der Waals surface area contributed by atoms with Crippen molar-refractivity contribution in [3.8, 4) is 0 Å². The average molecular weight is 394 g/mol. The second kappa shape index (κ2) is 8.91. The summed E-state index contributed by atoms with van der Waals surface area (Å²) in [4.78, 5) is 26.2. The van der Waals surface area contributed by atoms with Crippen LogP contribution in [0, 0.1) is 0 Å². The van der Waals surface area contributed by atoms with E-state index < -0.39 is 0 Å². The van der Waals surface area contributed by atoms with Crippen molar-refractivity contribution in [2.24, 2.45) is 0 Å². The number of fused-ring (bicyclic) bond motifs is 1. The van der Waals surface area contributed by atoms with Gasteiger partial charge in [0.05, 0.1) is 18.3 Å². The molecule has 2 aliphatic heterocycles. The summed E-state index contributed by atoms with van der Waals surface area (Å²) in [7, 11) is 1.93. The van der Waals surface area contributed by atoms with Crippen molar-refractivity contribution in [2.45, 2.75) is 51.6 Å². The molecule has 2 aliphatic rings. The molecule has 4 rings (SSSR count). The third-order valence-corrected chi connectivity index (χ3v) is 6.21. The highest BCUT2D eigenvalue weighted by atomic mass is 16.2. The van der Waals surface area contributed by atoms with Crippen molar-refractivity contribution >= 4 is 11.7 Å². The van der Waals surface area contributed by atoms with E-state index in [1.165, 1.54) is 24.0 Å². The van der Waals surface area contributed by atoms with Crippen LogP contribution in [0.4, 0.5) is 5.82 Å². The number of amides is 1. The Bertz CT molecular complexity index is 854. The van der Waals surface area contributed by atoms with Crippen molar-refractivity contribution in [3.63, 3.8) is 0 Å². The summed E-state index contributed by atoms with van der Waals surface area (Å²) in [6.07, 6.45) is 5.38. The Labute approximate surface area is 173 Å². The lowest BCUT2D eigenvalue weighted by atomic mass is 9.99. The van der Waals surface area contributed by atoms with Crippen LogP contribution in [0.5, 0.6) is 0 Å². The average Bonchev–Trinajstić information content (AvgIpc) is 2.77. The molecule has 29 heavy (non-hydrogen) atoms. The molecule has 1 unspecified atom stereocenters. The molecule has 2 aromatic rings. The number of benzene rings is 1. The van der Waals surface area contributed by atoms with Gasteiger partial charge in [-0.15, -0.1) is 0 Å². The Morgan fingerprint density at radius 2 is 2.00 bits per heavy atom. The molecule has 1 aromatic heterocycles. The quantitative estimate of drug-likeness (QED) is 0.845. The number of hydrogen-bond donors (Lipinski definition) is 1. The molecule has 0 spiro atoms. The Hall–Kier alpha value is -2.47. The Kier molecular flexibility index (Phi) is 6.09. The van der Waals surface area contributed by atoms with E-state index in [-0.39, 0.29) is 11.9 Å². The van der Waals surface area contributed by atoms with Crippen LogP contribution in [0.1, 0.15) is 54.9 Å². The molecule has 0 aliphatic carbocycles. The number of hydrogen-bond acceptors (Lipinski definition) is 5. The third kappa shape index (κ3) is 4.42. The summed E-state index contributed by atoms with van der Waals surface area (Å²) in [6.45, 7) is 5.08. The van der Waals surface area contributed by atoms with Crippen molar-refractivity contribution in [1.82, 2.24) is 19.8 Å². The van der Waals surface area contributed by atoms with Gasteiger partial charge in [0.1, 0.15) is 11.6 Å². The second-order valence-corrected chi connectivity index (χ2v) is 8.08. The van der Waals surface area contributed by atoms with Crippen LogP contribution in [-0.2, 0) is 24.2 Å². The number of carbonyl (C=O) groups excluding carboxylic acids is 1. The largest absolute Gasteiger partial charge is 0.373 e. The maximum atomic E-state index is 11.9. The molecule has 1 atom stereocenters. The van der Waals surface area contributed by atoms with E-state index in [1.54, 1.807) is 6.92 Å². The third-order valence-electron chi connectivity index (χ3n) is 6.21. The number of aromatic nitrogens is 2. The van der Waals surface area contributed by atoms with Crippen LogP contribution in [0.25, 0.3) is 0 Å². The topological polar surface area (TPSA) is 61.4 Å². The fraction of sp³-hybridized carbons (Fsp3) is 0.522. The lowest BCUT2D eigenvalue weighted by Crippen LogP contribution is -2.38. The number of piperidine rings is 1. The molecular weight excluding hydrogens is 362 g/mol. The fourth-order valence-electron chi connectivity index (χ4n) is 4.54. The van der Waals surface area contributed by atoms with Gasteiger partial charge in [0.25, 0.3) is 0 Å². The molecule has 154 valence electrons. The molecule has 6 heteroatoms. The van der Waals surface area contributed by atoms with E-state index in [4.69, 9.17) is 9.97 Å². The van der Waals surface area contributed by atoms with Gasteiger partial charge in [-0.05, 0) is 37.8 Å². The van der Waals surface area contributed by atoms with Crippen molar-refractivity contribution in [1.29, 1.82) is 0 Å². The molecule has 1 saturated heterocycles. The molecule has 0 saturated carbocycles. The van der Waals surface area contributed by atoms with E-state index >= 15 is 0 Å². The summed E-state index contributed by atoms with van der Waals surface area (Å²) in [5.74, 6) is 1.96. The maximum Gasteiger partial charge on any atom is 0.219 e. The molecule has 6 nitrogen and oxygen atoms in total. The number of anilines is 1. The smallest absolute Gasteiger partial charge is 0.219 e. The van der Waals surface area contributed by atoms with Crippen LogP contribution < -0.4 is 5.32 Å². The highest BCUT2D eigenvalue weighted by molar-refractivity contribution is 5.73. The molecule has 1 amide bonds. The highest BCUT2D eigenvalue weighted by Crippen LogP contribution is 2.32. The first-order chi connectivity index (χ1) is 14.2. The van der Waals surface area contributed by atoms with Crippen LogP contribution in [0.3, 0.4) is 0 Å². The monoisotopic (exact) mass is 393 g/mol. The Morgan fingerprint density at radius 1 is 1.17 bits per heavy atom. The first-order valence-electron chi connectivity index (χ1n) is 10.8. The van der Waals surface area contributed by atoms with Crippen LogP contribution in [-0.4, -0.2) is 52.4 Å². The zero-order valence-corrected chi connectivity index (χ0v) is 17.5. The van der Waals surface area contributed by atoms with E-state index in [9.17, 15) is 4.79 Å². The van der Waals surface area contributed by atoms with Gasteiger partial charge in [-0.1, -0.05) is 36.8 Å². The lowest BCUT2D eigenvalue weighted by molar-refractivity contribution is -0.129. The molecule has 1 aromatic carbocycles. The predicted octanol–water partition coefficient (Wildman–Crippen LogP) is 3.19. The first kappa shape index (κ1) is 19.8. The van der Waals surface area contributed by atoms with Gasteiger partial charge in [0.2, 0.25) is 5.91 Å². The summed E-state index contributed by atoms with van der Waals surface area (Å²) < 4.78 is 0. The molecule has 0 bridgehead atoms. The van der Waals surface area contributed by atoms with Gasteiger partial charge >= 0.3 is 0 Å². The Balaban J connectivity index is 1.58. The van der Waals surface area contributed by atoms with Gasteiger partial charge in [0.15, 0.2) is 0 Å². The number of rotatable bonds is 5. The number of carbonyl (C=O) groups is 1. The first-order valence-corrected chi connectivity index (χ1v) is 10.8. The standard InChI is InChI=1S/C23H31N5O/c1-17(29)28-15-12-19-20(16-28)25-23(26-22(19)24-2)21-10-6-7-13-27(21)14-11-18-8-4-3-5-9-18/h3-5,8-9,21H,6-7,10-16H2,1-2H3,(H,24,25,26). The van der Waals surface area contributed by atoms with Gasteiger partial charge in [-0.25, -0.2) is 9.97 Å². The number of nitrogens with one attached hydrogen (secondary N) is 1.